The summed E-state index contributed by atoms with van der Waals surface area (Å²) in [5.74, 6) is -0.238. The number of halogens is 1. The van der Waals surface area contributed by atoms with E-state index in [-0.39, 0.29) is 17.5 Å². The van der Waals surface area contributed by atoms with E-state index < -0.39 is 5.82 Å². The Hall–Kier alpha value is -1.58. The molecule has 2 atom stereocenters. The minimum atomic E-state index is -0.441. The summed E-state index contributed by atoms with van der Waals surface area (Å²) in [6.45, 7) is 2.12. The highest BCUT2D eigenvalue weighted by Crippen LogP contribution is 2.25. The van der Waals surface area contributed by atoms with Crippen molar-refractivity contribution in [1.82, 2.24) is 5.32 Å². The molecule has 1 aliphatic rings. The van der Waals surface area contributed by atoms with Crippen molar-refractivity contribution in [2.45, 2.75) is 32.2 Å². The topological polar surface area (TPSA) is 55.1 Å². The number of anilines is 1. The predicted octanol–water partition coefficient (Wildman–Crippen LogP) is 2.33. The third-order valence-electron chi connectivity index (χ3n) is 3.44. The Labute approximate surface area is 100 Å². The zero-order chi connectivity index (χ0) is 12.4. The molecular formula is C13H17FN2O. The van der Waals surface area contributed by atoms with Crippen LogP contribution in [0.25, 0.3) is 0 Å². The number of nitrogens with two attached hydrogens (primary N) is 1. The second kappa shape index (κ2) is 4.73. The Balaban J connectivity index is 2.11. The molecule has 2 rings (SSSR count). The number of rotatable bonds is 2. The number of nitrogens with one attached hydrogen (secondary N) is 1. The molecule has 1 aliphatic carbocycles. The molecule has 0 aliphatic heterocycles. The predicted molar refractivity (Wildman–Crippen MR) is 65.1 cm³/mol. The Bertz CT molecular complexity index is 433. The number of benzene rings is 1. The lowest BCUT2D eigenvalue weighted by molar-refractivity contribution is 0.0930. The first kappa shape index (κ1) is 11.9. The Morgan fingerprint density at radius 3 is 2.88 bits per heavy atom. The van der Waals surface area contributed by atoms with E-state index in [2.05, 4.69) is 12.2 Å². The van der Waals surface area contributed by atoms with E-state index in [1.165, 1.54) is 18.2 Å². The zero-order valence-corrected chi connectivity index (χ0v) is 9.87. The maximum atomic E-state index is 13.1. The van der Waals surface area contributed by atoms with Crippen molar-refractivity contribution in [3.63, 3.8) is 0 Å². The minimum absolute atomic E-state index is 0.185. The quantitative estimate of drug-likeness (QED) is 0.774. The summed E-state index contributed by atoms with van der Waals surface area (Å²) >= 11 is 0. The second-order valence-electron chi connectivity index (χ2n) is 4.72. The number of amides is 1. The van der Waals surface area contributed by atoms with Crippen LogP contribution in [-0.4, -0.2) is 11.9 Å². The van der Waals surface area contributed by atoms with Crippen molar-refractivity contribution in [1.29, 1.82) is 0 Å². The molecule has 1 saturated carbocycles. The van der Waals surface area contributed by atoms with Gasteiger partial charge in [0.15, 0.2) is 0 Å². The molecule has 3 N–H and O–H groups in total. The van der Waals surface area contributed by atoms with Crippen molar-refractivity contribution < 1.29 is 9.18 Å². The van der Waals surface area contributed by atoms with Gasteiger partial charge in [-0.05, 0) is 37.0 Å². The molecule has 0 radical (unpaired) electrons. The lowest BCUT2D eigenvalue weighted by Gasteiger charge is -2.17. The van der Waals surface area contributed by atoms with E-state index in [4.69, 9.17) is 5.73 Å². The fourth-order valence-electron chi connectivity index (χ4n) is 2.33. The summed E-state index contributed by atoms with van der Waals surface area (Å²) in [7, 11) is 0. The highest BCUT2D eigenvalue weighted by atomic mass is 19.1. The van der Waals surface area contributed by atoms with Crippen LogP contribution in [0.1, 0.15) is 36.5 Å². The molecule has 0 saturated heterocycles. The molecule has 1 aromatic carbocycles. The highest BCUT2D eigenvalue weighted by molar-refractivity contribution is 5.99. The van der Waals surface area contributed by atoms with Crippen LogP contribution in [0, 0.1) is 11.7 Å². The first-order chi connectivity index (χ1) is 8.08. The highest BCUT2D eigenvalue weighted by Gasteiger charge is 2.25. The Morgan fingerprint density at radius 1 is 1.47 bits per heavy atom. The molecular weight excluding hydrogens is 219 g/mol. The van der Waals surface area contributed by atoms with Gasteiger partial charge >= 0.3 is 0 Å². The van der Waals surface area contributed by atoms with Crippen molar-refractivity contribution in [3.8, 4) is 0 Å². The SMILES string of the molecule is CC1CCCC1NC(=O)c1cc(F)ccc1N. The van der Waals surface area contributed by atoms with Gasteiger partial charge in [-0.15, -0.1) is 0 Å². The maximum Gasteiger partial charge on any atom is 0.253 e. The van der Waals surface area contributed by atoms with Gasteiger partial charge in [-0.25, -0.2) is 4.39 Å². The van der Waals surface area contributed by atoms with Crippen molar-refractivity contribution in [2.24, 2.45) is 5.92 Å². The number of nitrogen functional groups attached to an aromatic ring is 1. The van der Waals surface area contributed by atoms with Gasteiger partial charge < -0.3 is 11.1 Å². The van der Waals surface area contributed by atoms with Gasteiger partial charge in [0.2, 0.25) is 0 Å². The summed E-state index contributed by atoms with van der Waals surface area (Å²) < 4.78 is 13.1. The molecule has 0 bridgehead atoms. The second-order valence-corrected chi connectivity index (χ2v) is 4.72. The number of hydrogen-bond donors (Lipinski definition) is 2. The lowest BCUT2D eigenvalue weighted by atomic mass is 10.1. The average molecular weight is 236 g/mol. The average Bonchev–Trinajstić information content (AvgIpc) is 2.68. The van der Waals surface area contributed by atoms with Gasteiger partial charge in [0.25, 0.3) is 5.91 Å². The molecule has 2 unspecified atom stereocenters. The number of hydrogen-bond acceptors (Lipinski definition) is 2. The van der Waals surface area contributed by atoms with E-state index in [0.717, 1.165) is 19.3 Å². The van der Waals surface area contributed by atoms with Gasteiger partial charge in [0.05, 0.1) is 5.56 Å². The summed E-state index contributed by atoms with van der Waals surface area (Å²) in [5, 5.41) is 2.93. The first-order valence-electron chi connectivity index (χ1n) is 5.94. The minimum Gasteiger partial charge on any atom is -0.398 e. The van der Waals surface area contributed by atoms with E-state index in [1.54, 1.807) is 0 Å². The van der Waals surface area contributed by atoms with Gasteiger partial charge in [-0.2, -0.15) is 0 Å². The molecule has 0 aromatic heterocycles. The van der Waals surface area contributed by atoms with E-state index >= 15 is 0 Å². The van der Waals surface area contributed by atoms with E-state index in [9.17, 15) is 9.18 Å². The molecule has 92 valence electrons. The van der Waals surface area contributed by atoms with Crippen LogP contribution in [-0.2, 0) is 0 Å². The van der Waals surface area contributed by atoms with E-state index in [0.29, 0.717) is 11.6 Å². The van der Waals surface area contributed by atoms with Crippen LogP contribution in [0.5, 0.6) is 0 Å². The van der Waals surface area contributed by atoms with E-state index in [1.807, 2.05) is 0 Å². The molecule has 3 nitrogen and oxygen atoms in total. The van der Waals surface area contributed by atoms with Crippen LogP contribution in [0.15, 0.2) is 18.2 Å². The molecule has 0 spiro atoms. The van der Waals surface area contributed by atoms with Gasteiger partial charge in [-0.3, -0.25) is 4.79 Å². The van der Waals surface area contributed by atoms with Crippen LogP contribution in [0.3, 0.4) is 0 Å². The molecule has 0 heterocycles. The Morgan fingerprint density at radius 2 is 2.24 bits per heavy atom. The molecule has 1 amide bonds. The van der Waals surface area contributed by atoms with Crippen LogP contribution >= 0.6 is 0 Å². The third kappa shape index (κ3) is 2.57. The number of carbonyl (C=O) groups is 1. The number of carbonyl (C=O) groups excluding carboxylic acids is 1. The maximum absolute atomic E-state index is 13.1. The monoisotopic (exact) mass is 236 g/mol. The third-order valence-corrected chi connectivity index (χ3v) is 3.44. The lowest BCUT2D eigenvalue weighted by Crippen LogP contribution is -2.36. The van der Waals surface area contributed by atoms with Gasteiger partial charge in [-0.1, -0.05) is 13.3 Å². The largest absolute Gasteiger partial charge is 0.398 e. The first-order valence-corrected chi connectivity index (χ1v) is 5.94. The fraction of sp³-hybridized carbons (Fsp3) is 0.462. The summed E-state index contributed by atoms with van der Waals surface area (Å²) in [6.07, 6.45) is 3.25. The molecule has 4 heteroatoms. The molecule has 1 fully saturated rings. The van der Waals surface area contributed by atoms with Crippen LogP contribution in [0.2, 0.25) is 0 Å². The molecule has 17 heavy (non-hydrogen) atoms. The Kier molecular flexibility index (Phi) is 3.31. The van der Waals surface area contributed by atoms with Crippen LogP contribution in [0.4, 0.5) is 10.1 Å². The smallest absolute Gasteiger partial charge is 0.253 e. The van der Waals surface area contributed by atoms with Crippen LogP contribution < -0.4 is 11.1 Å². The summed E-state index contributed by atoms with van der Waals surface area (Å²) in [5.41, 5.74) is 6.21. The summed E-state index contributed by atoms with van der Waals surface area (Å²) in [4.78, 5) is 12.0. The van der Waals surface area contributed by atoms with Crippen molar-refractivity contribution in [3.05, 3.63) is 29.6 Å². The van der Waals surface area contributed by atoms with Crippen molar-refractivity contribution >= 4 is 11.6 Å². The standard InChI is InChI=1S/C13H17FN2O/c1-8-3-2-4-12(8)16-13(17)10-7-9(14)5-6-11(10)15/h5-8,12H,2-4,15H2,1H3,(H,16,17). The van der Waals surface area contributed by atoms with Gasteiger partial charge in [0.1, 0.15) is 5.82 Å². The normalized spacial score (nSPS) is 23.6. The molecule has 1 aromatic rings. The van der Waals surface area contributed by atoms with Crippen molar-refractivity contribution in [2.75, 3.05) is 5.73 Å². The fourth-order valence-corrected chi connectivity index (χ4v) is 2.33. The summed E-state index contributed by atoms with van der Waals surface area (Å²) in [6, 6.07) is 4.04. The van der Waals surface area contributed by atoms with Gasteiger partial charge in [0, 0.05) is 11.7 Å². The zero-order valence-electron chi connectivity index (χ0n) is 9.87.